The summed E-state index contributed by atoms with van der Waals surface area (Å²) in [6, 6.07) is 0. The first-order valence-corrected chi connectivity index (χ1v) is 10.6. The molecular weight excluding hydrogens is 420 g/mol. The molecule has 150 valence electrons. The predicted molar refractivity (Wildman–Crippen MR) is 114 cm³/mol. The van der Waals surface area contributed by atoms with Gasteiger partial charge in [0.05, 0.1) is 22.9 Å². The predicted octanol–water partition coefficient (Wildman–Crippen LogP) is 3.63. The van der Waals surface area contributed by atoms with Crippen LogP contribution in [0, 0.1) is 6.92 Å². The van der Waals surface area contributed by atoms with Crippen LogP contribution < -0.4 is 10.6 Å². The van der Waals surface area contributed by atoms with Gasteiger partial charge in [-0.25, -0.2) is 4.79 Å². The highest BCUT2D eigenvalue weighted by atomic mass is 35.5. The number of halogens is 1. The molecule has 10 heteroatoms. The molecule has 0 bridgehead atoms. The average molecular weight is 441 g/mol. The van der Waals surface area contributed by atoms with Gasteiger partial charge in [0, 0.05) is 11.9 Å². The number of carbonyl (C=O) groups is 2. The molecule has 0 spiro atoms. The second-order valence-electron chi connectivity index (χ2n) is 6.42. The Bertz CT molecular complexity index is 951. The van der Waals surface area contributed by atoms with Crippen LogP contribution in [0.5, 0.6) is 0 Å². The van der Waals surface area contributed by atoms with Crippen molar-refractivity contribution in [1.82, 2.24) is 15.1 Å². The monoisotopic (exact) mass is 440 g/mol. The molecule has 0 aliphatic heterocycles. The quantitative estimate of drug-likeness (QED) is 0.557. The Balaban J connectivity index is 1.81. The standard InChI is InChI=1S/C18H21ClN4O3S2/c1-4-26-17(25)12-10-7-5-6-8-11(10)28-16(12)21-18(27)20-15(24)14-13(19)9(2)22-23(14)3/h4-8H2,1-3H3,(H2,20,21,24,27). The number of fused-ring (bicyclic) bond motifs is 1. The molecule has 7 nitrogen and oxygen atoms in total. The largest absolute Gasteiger partial charge is 0.462 e. The lowest BCUT2D eigenvalue weighted by Gasteiger charge is -2.13. The number of hydrogen-bond acceptors (Lipinski definition) is 6. The second kappa shape index (κ2) is 8.59. The Morgan fingerprint density at radius 1 is 1.36 bits per heavy atom. The molecule has 0 unspecified atom stereocenters. The van der Waals surface area contributed by atoms with Crippen LogP contribution in [0.4, 0.5) is 5.00 Å². The normalized spacial score (nSPS) is 13.0. The van der Waals surface area contributed by atoms with Crippen molar-refractivity contribution in [2.24, 2.45) is 7.05 Å². The van der Waals surface area contributed by atoms with E-state index in [0.717, 1.165) is 36.1 Å². The number of rotatable bonds is 4. The van der Waals surface area contributed by atoms with Crippen molar-refractivity contribution in [3.63, 3.8) is 0 Å². The van der Waals surface area contributed by atoms with Crippen LogP contribution in [0.1, 0.15) is 56.7 Å². The lowest BCUT2D eigenvalue weighted by molar-refractivity contribution is 0.0526. The molecule has 1 amide bonds. The number of amides is 1. The summed E-state index contributed by atoms with van der Waals surface area (Å²) in [6.45, 7) is 3.79. The molecule has 2 aromatic heterocycles. The van der Waals surface area contributed by atoms with E-state index in [0.29, 0.717) is 22.9 Å². The van der Waals surface area contributed by atoms with Crippen molar-refractivity contribution in [3.8, 4) is 0 Å². The molecule has 0 radical (unpaired) electrons. The number of hydrogen-bond donors (Lipinski definition) is 2. The number of aromatic nitrogens is 2. The third-order valence-corrected chi connectivity index (χ3v) is 6.33. The first kappa shape index (κ1) is 20.8. The summed E-state index contributed by atoms with van der Waals surface area (Å²) in [5.74, 6) is -0.839. The van der Waals surface area contributed by atoms with Gasteiger partial charge in [-0.1, -0.05) is 11.6 Å². The summed E-state index contributed by atoms with van der Waals surface area (Å²) in [6.07, 6.45) is 3.89. The van der Waals surface area contributed by atoms with Gasteiger partial charge < -0.3 is 10.1 Å². The number of thiocarbonyl (C=S) groups is 1. The molecule has 2 N–H and O–H groups in total. The molecule has 0 saturated heterocycles. The fourth-order valence-corrected chi connectivity index (χ4v) is 5.04. The maximum Gasteiger partial charge on any atom is 0.341 e. The summed E-state index contributed by atoms with van der Waals surface area (Å²) in [5, 5.41) is 10.7. The van der Waals surface area contributed by atoms with Crippen molar-refractivity contribution < 1.29 is 14.3 Å². The molecule has 2 heterocycles. The van der Waals surface area contributed by atoms with Gasteiger partial charge in [-0.05, 0) is 57.3 Å². The number of anilines is 1. The number of aryl methyl sites for hydroxylation is 3. The number of nitrogens with one attached hydrogen (secondary N) is 2. The molecule has 28 heavy (non-hydrogen) atoms. The highest BCUT2D eigenvalue weighted by molar-refractivity contribution is 7.80. The van der Waals surface area contributed by atoms with Gasteiger partial charge in [0.25, 0.3) is 5.91 Å². The fraction of sp³-hybridized carbons (Fsp3) is 0.444. The van der Waals surface area contributed by atoms with Crippen LogP contribution in [0.25, 0.3) is 0 Å². The van der Waals surface area contributed by atoms with Crippen LogP contribution in [0.2, 0.25) is 5.02 Å². The number of esters is 1. The number of ether oxygens (including phenoxy) is 1. The number of nitrogens with zero attached hydrogens (tertiary/aromatic N) is 2. The third kappa shape index (κ3) is 4.06. The van der Waals surface area contributed by atoms with Crippen LogP contribution in [0.15, 0.2) is 0 Å². The topological polar surface area (TPSA) is 85.2 Å². The van der Waals surface area contributed by atoms with Crippen molar-refractivity contribution >= 4 is 57.1 Å². The van der Waals surface area contributed by atoms with Gasteiger partial charge in [0.1, 0.15) is 10.7 Å². The van der Waals surface area contributed by atoms with Crippen LogP contribution in [-0.4, -0.2) is 33.4 Å². The summed E-state index contributed by atoms with van der Waals surface area (Å²) < 4.78 is 6.63. The first-order chi connectivity index (χ1) is 13.3. The molecular formula is C18H21ClN4O3S2. The minimum absolute atomic E-state index is 0.0871. The SMILES string of the molecule is CCOC(=O)c1c(NC(=S)NC(=O)c2c(Cl)c(C)nn2C)sc2c1CCCC2. The van der Waals surface area contributed by atoms with Gasteiger partial charge in [-0.3, -0.25) is 14.8 Å². The third-order valence-electron chi connectivity index (χ3n) is 4.47. The van der Waals surface area contributed by atoms with Gasteiger partial charge >= 0.3 is 5.97 Å². The zero-order valence-electron chi connectivity index (χ0n) is 15.8. The highest BCUT2D eigenvalue weighted by Gasteiger charge is 2.27. The minimum Gasteiger partial charge on any atom is -0.462 e. The zero-order valence-corrected chi connectivity index (χ0v) is 18.2. The van der Waals surface area contributed by atoms with E-state index in [1.807, 2.05) is 0 Å². The van der Waals surface area contributed by atoms with Gasteiger partial charge in [-0.2, -0.15) is 5.10 Å². The van der Waals surface area contributed by atoms with Crippen molar-refractivity contribution in [2.45, 2.75) is 39.5 Å². The summed E-state index contributed by atoms with van der Waals surface area (Å²) in [4.78, 5) is 26.2. The highest BCUT2D eigenvalue weighted by Crippen LogP contribution is 2.38. The lowest BCUT2D eigenvalue weighted by Crippen LogP contribution is -2.35. The fourth-order valence-electron chi connectivity index (χ4n) is 3.25. The van der Waals surface area contributed by atoms with Gasteiger partial charge in [-0.15, -0.1) is 11.3 Å². The molecule has 3 rings (SSSR count). The van der Waals surface area contributed by atoms with Crippen LogP contribution in [0.3, 0.4) is 0 Å². The Morgan fingerprint density at radius 2 is 2.07 bits per heavy atom. The van der Waals surface area contributed by atoms with Crippen molar-refractivity contribution in [2.75, 3.05) is 11.9 Å². The summed E-state index contributed by atoms with van der Waals surface area (Å²) >= 11 is 12.9. The van der Waals surface area contributed by atoms with E-state index in [2.05, 4.69) is 15.7 Å². The Hall–Kier alpha value is -1.97. The zero-order chi connectivity index (χ0) is 20.4. The summed E-state index contributed by atoms with van der Waals surface area (Å²) in [7, 11) is 1.64. The van der Waals surface area contributed by atoms with E-state index in [4.69, 9.17) is 28.6 Å². The van der Waals surface area contributed by atoms with Crippen molar-refractivity contribution in [1.29, 1.82) is 0 Å². The Morgan fingerprint density at radius 3 is 2.71 bits per heavy atom. The van der Waals surface area contributed by atoms with E-state index in [-0.39, 0.29) is 21.8 Å². The van der Waals surface area contributed by atoms with E-state index in [1.165, 1.54) is 16.0 Å². The van der Waals surface area contributed by atoms with E-state index >= 15 is 0 Å². The molecule has 0 atom stereocenters. The first-order valence-electron chi connectivity index (χ1n) is 8.96. The van der Waals surface area contributed by atoms with E-state index in [9.17, 15) is 9.59 Å². The average Bonchev–Trinajstić information content (AvgIpc) is 3.11. The molecule has 1 aliphatic rings. The maximum absolute atomic E-state index is 12.5. The van der Waals surface area contributed by atoms with E-state index < -0.39 is 5.91 Å². The van der Waals surface area contributed by atoms with E-state index in [1.54, 1.807) is 20.9 Å². The van der Waals surface area contributed by atoms with Gasteiger partial charge in [0.2, 0.25) is 0 Å². The van der Waals surface area contributed by atoms with Crippen molar-refractivity contribution in [3.05, 3.63) is 32.4 Å². The maximum atomic E-state index is 12.5. The summed E-state index contributed by atoms with van der Waals surface area (Å²) in [5.41, 5.74) is 2.33. The van der Waals surface area contributed by atoms with Crippen LogP contribution >= 0.6 is 35.2 Å². The lowest BCUT2D eigenvalue weighted by atomic mass is 9.95. The molecule has 0 aromatic carbocycles. The Labute approximate surface area is 177 Å². The second-order valence-corrected chi connectivity index (χ2v) is 8.31. The number of carbonyl (C=O) groups excluding carboxylic acids is 2. The number of thiophene rings is 1. The van der Waals surface area contributed by atoms with Gasteiger partial charge in [0.15, 0.2) is 5.11 Å². The molecule has 0 saturated carbocycles. The Kier molecular flexibility index (Phi) is 6.36. The molecule has 1 aliphatic carbocycles. The molecule has 2 aromatic rings. The van der Waals surface area contributed by atoms with Crippen LogP contribution in [-0.2, 0) is 24.6 Å². The molecule has 0 fully saturated rings. The smallest absolute Gasteiger partial charge is 0.341 e. The minimum atomic E-state index is -0.468.